The van der Waals surface area contributed by atoms with Crippen molar-refractivity contribution in [1.29, 1.82) is 0 Å². The largest absolute Gasteiger partial charge is 0.394 e. The van der Waals surface area contributed by atoms with Crippen LogP contribution in [0.3, 0.4) is 0 Å². The number of ether oxygens (including phenoxy) is 1. The van der Waals surface area contributed by atoms with E-state index < -0.39 is 17.8 Å². The molecular weight excluding hydrogens is 383 g/mol. The number of halogens is 2. The van der Waals surface area contributed by atoms with Crippen LogP contribution in [0.4, 0.5) is 10.1 Å². The summed E-state index contributed by atoms with van der Waals surface area (Å²) in [7, 11) is 0. The van der Waals surface area contributed by atoms with Crippen molar-refractivity contribution in [3.8, 4) is 0 Å². The number of hydrogen-bond acceptors (Lipinski definition) is 4. The zero-order chi connectivity index (χ0) is 19.9. The number of hydrogen-bond donors (Lipinski definition) is 2. The molecule has 1 aliphatic rings. The van der Waals surface area contributed by atoms with Gasteiger partial charge in [-0.3, -0.25) is 4.79 Å². The van der Waals surface area contributed by atoms with Crippen molar-refractivity contribution in [2.45, 2.75) is 6.04 Å². The van der Waals surface area contributed by atoms with Gasteiger partial charge in [-0.25, -0.2) is 4.39 Å². The lowest BCUT2D eigenvalue weighted by molar-refractivity contribution is -0.117. The lowest BCUT2D eigenvalue weighted by Crippen LogP contribution is -2.36. The Balaban J connectivity index is 1.70. The molecule has 28 heavy (non-hydrogen) atoms. The van der Waals surface area contributed by atoms with Crippen molar-refractivity contribution >= 4 is 29.3 Å². The van der Waals surface area contributed by atoms with Crippen LogP contribution in [0.1, 0.15) is 17.2 Å². The molecule has 2 N–H and O–H groups in total. The van der Waals surface area contributed by atoms with Crippen LogP contribution in [0, 0.1) is 5.82 Å². The Morgan fingerprint density at radius 2 is 2.04 bits per heavy atom. The molecule has 7 heteroatoms. The smallest absolute Gasteiger partial charge is 0.244 e. The molecule has 1 heterocycles. The van der Waals surface area contributed by atoms with Crippen molar-refractivity contribution in [3.05, 3.63) is 70.5 Å². The summed E-state index contributed by atoms with van der Waals surface area (Å²) in [4.78, 5) is 14.5. The molecule has 0 aliphatic carbocycles. The first-order valence-corrected chi connectivity index (χ1v) is 9.42. The van der Waals surface area contributed by atoms with Crippen LogP contribution in [0.25, 0.3) is 6.08 Å². The Bertz CT molecular complexity index is 833. The predicted octanol–water partition coefficient (Wildman–Crippen LogP) is 3.18. The van der Waals surface area contributed by atoms with E-state index in [-0.39, 0.29) is 17.2 Å². The summed E-state index contributed by atoms with van der Waals surface area (Å²) in [6, 6.07) is 11.4. The van der Waals surface area contributed by atoms with Crippen molar-refractivity contribution in [1.82, 2.24) is 5.32 Å². The molecule has 3 rings (SSSR count). The van der Waals surface area contributed by atoms with Gasteiger partial charge in [-0.1, -0.05) is 29.8 Å². The first-order chi connectivity index (χ1) is 13.6. The van der Waals surface area contributed by atoms with E-state index >= 15 is 0 Å². The molecule has 2 aromatic rings. The average molecular weight is 405 g/mol. The maximum Gasteiger partial charge on any atom is 0.244 e. The first-order valence-electron chi connectivity index (χ1n) is 9.04. The van der Waals surface area contributed by atoms with Gasteiger partial charge in [-0.05, 0) is 35.9 Å². The molecule has 0 unspecified atom stereocenters. The maximum atomic E-state index is 13.8. The minimum atomic E-state index is -0.575. The zero-order valence-corrected chi connectivity index (χ0v) is 16.0. The molecule has 0 bridgehead atoms. The number of carbonyl (C=O) groups is 1. The molecule has 1 amide bonds. The SMILES string of the molecule is O=C(/C=C/c1c(F)cccc1Cl)N[C@H](CO)c1cccc(N2CCOCC2)c1. The lowest BCUT2D eigenvalue weighted by Gasteiger charge is -2.29. The highest BCUT2D eigenvalue weighted by atomic mass is 35.5. The molecule has 2 aromatic carbocycles. The standard InChI is InChI=1S/C21H22ClFN2O3/c22-18-5-2-6-19(23)17(18)7-8-21(27)24-20(14-26)15-3-1-4-16(13-15)25-9-11-28-12-10-25/h1-8,13,20,26H,9-12,14H2,(H,24,27)/b8-7+/t20-/m1/s1. The Labute approximate surface area is 168 Å². The summed E-state index contributed by atoms with van der Waals surface area (Å²) >= 11 is 5.96. The summed E-state index contributed by atoms with van der Waals surface area (Å²) in [5.41, 5.74) is 1.95. The molecule has 0 radical (unpaired) electrons. The third kappa shape index (κ3) is 5.10. The minimum Gasteiger partial charge on any atom is -0.394 e. The van der Waals surface area contributed by atoms with Crippen molar-refractivity contribution in [2.24, 2.45) is 0 Å². The third-order valence-electron chi connectivity index (χ3n) is 4.55. The van der Waals surface area contributed by atoms with Crippen molar-refractivity contribution < 1.29 is 19.0 Å². The van der Waals surface area contributed by atoms with Gasteiger partial charge in [0.25, 0.3) is 0 Å². The lowest BCUT2D eigenvalue weighted by atomic mass is 10.1. The molecule has 5 nitrogen and oxygen atoms in total. The first kappa shape index (κ1) is 20.3. The van der Waals surface area contributed by atoms with Crippen LogP contribution >= 0.6 is 11.6 Å². The van der Waals surface area contributed by atoms with Crippen LogP contribution < -0.4 is 10.2 Å². The van der Waals surface area contributed by atoms with Gasteiger partial charge in [0.05, 0.1) is 30.9 Å². The van der Waals surface area contributed by atoms with Crippen LogP contribution in [-0.4, -0.2) is 43.9 Å². The Morgan fingerprint density at radius 3 is 2.75 bits per heavy atom. The fraction of sp³-hybridized carbons (Fsp3) is 0.286. The second-order valence-electron chi connectivity index (χ2n) is 6.41. The number of nitrogens with zero attached hydrogens (tertiary/aromatic N) is 1. The molecule has 0 spiro atoms. The van der Waals surface area contributed by atoms with E-state index in [1.54, 1.807) is 6.07 Å². The number of carbonyl (C=O) groups excluding carboxylic acids is 1. The van der Waals surface area contributed by atoms with E-state index in [1.165, 1.54) is 24.3 Å². The number of rotatable bonds is 6. The number of morpholine rings is 1. The number of amides is 1. The van der Waals surface area contributed by atoms with E-state index in [4.69, 9.17) is 16.3 Å². The monoisotopic (exact) mass is 404 g/mol. The molecule has 1 saturated heterocycles. The summed E-state index contributed by atoms with van der Waals surface area (Å²) in [6.45, 7) is 2.69. The topological polar surface area (TPSA) is 61.8 Å². The molecule has 0 saturated carbocycles. The van der Waals surface area contributed by atoms with Gasteiger partial charge in [0.15, 0.2) is 0 Å². The molecule has 0 aromatic heterocycles. The highest BCUT2D eigenvalue weighted by Gasteiger charge is 2.16. The molecule has 148 valence electrons. The second kappa shape index (κ2) is 9.68. The molecular formula is C21H22ClFN2O3. The van der Waals surface area contributed by atoms with Gasteiger partial charge in [0, 0.05) is 30.4 Å². The van der Waals surface area contributed by atoms with E-state index in [2.05, 4.69) is 10.2 Å². The van der Waals surface area contributed by atoms with Gasteiger partial charge >= 0.3 is 0 Å². The summed E-state index contributed by atoms with van der Waals surface area (Å²) < 4.78 is 19.2. The Kier molecular flexibility index (Phi) is 7.03. The summed E-state index contributed by atoms with van der Waals surface area (Å²) in [5, 5.41) is 12.7. The van der Waals surface area contributed by atoms with Crippen LogP contribution in [0.5, 0.6) is 0 Å². The van der Waals surface area contributed by atoms with Gasteiger partial charge in [0.2, 0.25) is 5.91 Å². The number of anilines is 1. The van der Waals surface area contributed by atoms with Gasteiger partial charge < -0.3 is 20.1 Å². The van der Waals surface area contributed by atoms with Gasteiger partial charge in [-0.15, -0.1) is 0 Å². The van der Waals surface area contributed by atoms with Crippen LogP contribution in [-0.2, 0) is 9.53 Å². The average Bonchev–Trinajstić information content (AvgIpc) is 2.72. The summed E-state index contributed by atoms with van der Waals surface area (Å²) in [5.74, 6) is -0.955. The van der Waals surface area contributed by atoms with Crippen LogP contribution in [0.15, 0.2) is 48.5 Å². The Hall–Kier alpha value is -2.41. The number of aliphatic hydroxyl groups excluding tert-OH is 1. The third-order valence-corrected chi connectivity index (χ3v) is 4.88. The molecule has 1 atom stereocenters. The normalized spacial score (nSPS) is 15.6. The van der Waals surface area contributed by atoms with Crippen molar-refractivity contribution in [2.75, 3.05) is 37.8 Å². The second-order valence-corrected chi connectivity index (χ2v) is 6.81. The number of benzene rings is 2. The molecule has 1 aliphatic heterocycles. The fourth-order valence-electron chi connectivity index (χ4n) is 3.04. The van der Waals surface area contributed by atoms with E-state index in [1.807, 2.05) is 24.3 Å². The fourth-order valence-corrected chi connectivity index (χ4v) is 3.27. The van der Waals surface area contributed by atoms with E-state index in [0.717, 1.165) is 24.3 Å². The molecule has 1 fully saturated rings. The number of aliphatic hydroxyl groups is 1. The van der Waals surface area contributed by atoms with Crippen molar-refractivity contribution in [3.63, 3.8) is 0 Å². The quantitative estimate of drug-likeness (QED) is 0.726. The highest BCUT2D eigenvalue weighted by Crippen LogP contribution is 2.22. The Morgan fingerprint density at radius 1 is 1.29 bits per heavy atom. The minimum absolute atomic E-state index is 0.147. The maximum absolute atomic E-state index is 13.8. The van der Waals surface area contributed by atoms with E-state index in [9.17, 15) is 14.3 Å². The zero-order valence-electron chi connectivity index (χ0n) is 15.3. The van der Waals surface area contributed by atoms with Crippen LogP contribution in [0.2, 0.25) is 5.02 Å². The number of nitrogens with one attached hydrogen (secondary N) is 1. The predicted molar refractivity (Wildman–Crippen MR) is 108 cm³/mol. The van der Waals surface area contributed by atoms with Gasteiger partial charge in [-0.2, -0.15) is 0 Å². The summed E-state index contributed by atoms with van der Waals surface area (Å²) in [6.07, 6.45) is 2.53. The van der Waals surface area contributed by atoms with E-state index in [0.29, 0.717) is 13.2 Å². The highest BCUT2D eigenvalue weighted by molar-refractivity contribution is 6.32. The van der Waals surface area contributed by atoms with Gasteiger partial charge in [0.1, 0.15) is 5.82 Å².